The smallest absolute Gasteiger partial charge is 0.261 e. The molecule has 7 nitrogen and oxygen atoms in total. The second kappa shape index (κ2) is 9.28. The normalized spacial score (nSPS) is 14.9. The lowest BCUT2D eigenvalue weighted by molar-refractivity contribution is 0.0628. The van der Waals surface area contributed by atoms with Crippen molar-refractivity contribution < 1.29 is 13.2 Å². The van der Waals surface area contributed by atoms with Crippen LogP contribution in [0.1, 0.15) is 15.9 Å². The minimum absolute atomic E-state index is 0.0956. The number of pyridine rings is 1. The first-order valence-electron chi connectivity index (χ1n) is 10.1. The van der Waals surface area contributed by atoms with Gasteiger partial charge < -0.3 is 4.90 Å². The molecule has 4 rings (SSSR count). The van der Waals surface area contributed by atoms with Crippen LogP contribution in [-0.4, -0.2) is 55.3 Å². The fourth-order valence-electron chi connectivity index (χ4n) is 3.57. The van der Waals surface area contributed by atoms with Gasteiger partial charge in [-0.25, -0.2) is 8.42 Å². The van der Waals surface area contributed by atoms with Gasteiger partial charge in [0.25, 0.3) is 15.9 Å². The zero-order chi connectivity index (χ0) is 21.7. The van der Waals surface area contributed by atoms with Gasteiger partial charge in [0.15, 0.2) is 0 Å². The van der Waals surface area contributed by atoms with E-state index in [-0.39, 0.29) is 10.8 Å². The monoisotopic (exact) mass is 436 g/mol. The Morgan fingerprint density at radius 1 is 0.935 bits per heavy atom. The number of nitrogens with one attached hydrogen (secondary N) is 1. The van der Waals surface area contributed by atoms with E-state index in [0.29, 0.717) is 24.3 Å². The fourth-order valence-corrected chi connectivity index (χ4v) is 4.64. The maximum Gasteiger partial charge on any atom is 0.261 e. The van der Waals surface area contributed by atoms with Gasteiger partial charge in [-0.3, -0.25) is 19.4 Å². The molecule has 0 spiro atoms. The Kier molecular flexibility index (Phi) is 6.29. The number of carbonyl (C=O) groups excluding carboxylic acids is 1. The Hall–Kier alpha value is -3.23. The SMILES string of the molecule is O=C(c1cccc(NS(=O)(=O)c2ccccc2)c1)N1CCN(Cc2cccnc2)CC1. The third-order valence-electron chi connectivity index (χ3n) is 5.20. The fraction of sp³-hybridized carbons (Fsp3) is 0.217. The number of hydrogen-bond donors (Lipinski definition) is 1. The molecule has 1 aromatic heterocycles. The van der Waals surface area contributed by atoms with Crippen LogP contribution < -0.4 is 4.72 Å². The Morgan fingerprint density at radius 3 is 2.42 bits per heavy atom. The number of nitrogens with zero attached hydrogens (tertiary/aromatic N) is 3. The molecule has 1 amide bonds. The average molecular weight is 437 g/mol. The third-order valence-corrected chi connectivity index (χ3v) is 6.60. The van der Waals surface area contributed by atoms with Crippen LogP contribution in [0.3, 0.4) is 0 Å². The lowest BCUT2D eigenvalue weighted by Gasteiger charge is -2.34. The molecule has 1 aliphatic rings. The van der Waals surface area contributed by atoms with E-state index >= 15 is 0 Å². The summed E-state index contributed by atoms with van der Waals surface area (Å²) in [6.45, 7) is 3.62. The van der Waals surface area contributed by atoms with Crippen molar-refractivity contribution in [2.24, 2.45) is 0 Å². The first-order chi connectivity index (χ1) is 15.0. The van der Waals surface area contributed by atoms with Crippen LogP contribution in [0.25, 0.3) is 0 Å². The number of piperazine rings is 1. The molecule has 8 heteroatoms. The van der Waals surface area contributed by atoms with Crippen molar-refractivity contribution in [3.8, 4) is 0 Å². The predicted octanol–water partition coefficient (Wildman–Crippen LogP) is 2.84. The number of hydrogen-bond acceptors (Lipinski definition) is 5. The number of carbonyl (C=O) groups is 1. The van der Waals surface area contributed by atoms with Crippen LogP contribution in [0.2, 0.25) is 0 Å². The van der Waals surface area contributed by atoms with Gasteiger partial charge in [-0.1, -0.05) is 30.3 Å². The van der Waals surface area contributed by atoms with Crippen molar-refractivity contribution >= 4 is 21.6 Å². The quantitative estimate of drug-likeness (QED) is 0.643. The van der Waals surface area contributed by atoms with E-state index in [1.54, 1.807) is 48.7 Å². The maximum atomic E-state index is 13.0. The molecule has 2 aromatic carbocycles. The number of anilines is 1. The highest BCUT2D eigenvalue weighted by Gasteiger charge is 2.23. The summed E-state index contributed by atoms with van der Waals surface area (Å²) in [5.74, 6) is -0.0956. The van der Waals surface area contributed by atoms with E-state index < -0.39 is 10.0 Å². The molecule has 0 saturated carbocycles. The highest BCUT2D eigenvalue weighted by Crippen LogP contribution is 2.19. The number of sulfonamides is 1. The lowest BCUT2D eigenvalue weighted by atomic mass is 10.1. The molecule has 0 atom stereocenters. The summed E-state index contributed by atoms with van der Waals surface area (Å²) in [6, 6.07) is 18.8. The Morgan fingerprint density at radius 2 is 1.71 bits per heavy atom. The molecule has 2 heterocycles. The van der Waals surface area contributed by atoms with E-state index in [1.807, 2.05) is 23.2 Å². The standard InChI is InChI=1S/C23H24N4O3S/c28-23(27-14-12-26(13-15-27)18-19-6-5-11-24-17-19)20-7-4-8-21(16-20)25-31(29,30)22-9-2-1-3-10-22/h1-11,16-17,25H,12-15,18H2. The van der Waals surface area contributed by atoms with Gasteiger partial charge in [0.2, 0.25) is 0 Å². The molecule has 0 radical (unpaired) electrons. The molecule has 1 aliphatic heterocycles. The van der Waals surface area contributed by atoms with Gasteiger partial charge in [-0.15, -0.1) is 0 Å². The van der Waals surface area contributed by atoms with E-state index in [2.05, 4.69) is 14.6 Å². The van der Waals surface area contributed by atoms with Gasteiger partial charge in [0.05, 0.1) is 4.90 Å². The molecule has 3 aromatic rings. The molecule has 0 aliphatic carbocycles. The highest BCUT2D eigenvalue weighted by atomic mass is 32.2. The Bertz CT molecular complexity index is 1130. The molecular formula is C23H24N4O3S. The zero-order valence-electron chi connectivity index (χ0n) is 17.0. The minimum Gasteiger partial charge on any atom is -0.336 e. The van der Waals surface area contributed by atoms with E-state index in [4.69, 9.17) is 0 Å². The Labute approximate surface area is 182 Å². The summed E-state index contributed by atoms with van der Waals surface area (Å²) in [5, 5.41) is 0. The second-order valence-corrected chi connectivity index (χ2v) is 9.11. The minimum atomic E-state index is -3.70. The van der Waals surface area contributed by atoms with Gasteiger partial charge in [-0.2, -0.15) is 0 Å². The molecule has 1 fully saturated rings. The van der Waals surface area contributed by atoms with Gasteiger partial charge in [0.1, 0.15) is 0 Å². The largest absolute Gasteiger partial charge is 0.336 e. The molecule has 1 saturated heterocycles. The van der Waals surface area contributed by atoms with Crippen LogP contribution in [0.4, 0.5) is 5.69 Å². The van der Waals surface area contributed by atoms with Crippen LogP contribution >= 0.6 is 0 Å². The average Bonchev–Trinajstić information content (AvgIpc) is 2.80. The topological polar surface area (TPSA) is 82.6 Å². The third kappa shape index (κ3) is 5.28. The van der Waals surface area contributed by atoms with E-state index in [0.717, 1.165) is 25.2 Å². The summed E-state index contributed by atoms with van der Waals surface area (Å²) < 4.78 is 27.7. The number of aromatic nitrogens is 1. The van der Waals surface area contributed by atoms with Crippen LogP contribution in [-0.2, 0) is 16.6 Å². The molecular weight excluding hydrogens is 412 g/mol. The molecule has 1 N–H and O–H groups in total. The van der Waals surface area contributed by atoms with E-state index in [1.165, 1.54) is 12.1 Å². The van der Waals surface area contributed by atoms with Crippen LogP contribution in [0.5, 0.6) is 0 Å². The van der Waals surface area contributed by atoms with Crippen molar-refractivity contribution in [1.29, 1.82) is 0 Å². The molecule has 31 heavy (non-hydrogen) atoms. The molecule has 0 unspecified atom stereocenters. The summed E-state index contributed by atoms with van der Waals surface area (Å²) in [4.78, 5) is 21.4. The summed E-state index contributed by atoms with van der Waals surface area (Å²) in [6.07, 6.45) is 3.62. The second-order valence-electron chi connectivity index (χ2n) is 7.43. The summed E-state index contributed by atoms with van der Waals surface area (Å²) >= 11 is 0. The van der Waals surface area contributed by atoms with Gasteiger partial charge in [-0.05, 0) is 42.0 Å². The van der Waals surface area contributed by atoms with Crippen molar-refractivity contribution in [2.75, 3.05) is 30.9 Å². The van der Waals surface area contributed by atoms with Gasteiger partial charge in [0, 0.05) is 56.4 Å². The Balaban J connectivity index is 1.38. The van der Waals surface area contributed by atoms with Crippen molar-refractivity contribution in [3.05, 3.63) is 90.3 Å². The van der Waals surface area contributed by atoms with E-state index in [9.17, 15) is 13.2 Å². The highest BCUT2D eigenvalue weighted by molar-refractivity contribution is 7.92. The van der Waals surface area contributed by atoms with Gasteiger partial charge >= 0.3 is 0 Å². The van der Waals surface area contributed by atoms with Crippen molar-refractivity contribution in [1.82, 2.24) is 14.8 Å². The summed E-state index contributed by atoms with van der Waals surface area (Å²) in [7, 11) is -3.70. The van der Waals surface area contributed by atoms with Crippen LogP contribution in [0.15, 0.2) is 84.0 Å². The zero-order valence-corrected chi connectivity index (χ0v) is 17.8. The summed E-state index contributed by atoms with van der Waals surface area (Å²) in [5.41, 5.74) is 1.99. The van der Waals surface area contributed by atoms with Crippen molar-refractivity contribution in [2.45, 2.75) is 11.4 Å². The number of amides is 1. The number of benzene rings is 2. The first-order valence-corrected chi connectivity index (χ1v) is 11.6. The van der Waals surface area contributed by atoms with Crippen molar-refractivity contribution in [3.63, 3.8) is 0 Å². The molecule has 160 valence electrons. The number of rotatable bonds is 6. The first kappa shape index (κ1) is 21.0. The maximum absolute atomic E-state index is 13.0. The predicted molar refractivity (Wildman–Crippen MR) is 119 cm³/mol. The lowest BCUT2D eigenvalue weighted by Crippen LogP contribution is -2.48. The van der Waals surface area contributed by atoms with Crippen LogP contribution in [0, 0.1) is 0 Å². The molecule has 0 bridgehead atoms.